The molecular weight excluding hydrogens is 387 g/mol. The molecule has 0 unspecified atom stereocenters. The third kappa shape index (κ3) is 5.35. The number of carbonyl (C=O) groups is 1. The van der Waals surface area contributed by atoms with Crippen LogP contribution in [0.15, 0.2) is 42.5 Å². The molecule has 0 atom stereocenters. The van der Waals surface area contributed by atoms with Crippen LogP contribution in [0.25, 0.3) is 22.4 Å². The van der Waals surface area contributed by atoms with E-state index in [1.165, 1.54) is 0 Å². The lowest BCUT2D eigenvalue weighted by Crippen LogP contribution is -2.31. The fourth-order valence-corrected chi connectivity index (χ4v) is 2.61. The van der Waals surface area contributed by atoms with Crippen molar-refractivity contribution in [2.24, 2.45) is 0 Å². The zero-order valence-corrected chi connectivity index (χ0v) is 17.1. The van der Waals surface area contributed by atoms with Crippen LogP contribution in [0.4, 0.5) is 0 Å². The number of fused-ring (bicyclic) bond motifs is 1. The Hall–Kier alpha value is -2.28. The number of nitrogens with zero attached hydrogens (tertiary/aromatic N) is 2. The van der Waals surface area contributed by atoms with Crippen molar-refractivity contribution in [2.75, 3.05) is 34.3 Å². The monoisotopic (exact) mass is 410 g/mol. The Kier molecular flexibility index (Phi) is 8.56. The van der Waals surface area contributed by atoms with Crippen molar-refractivity contribution in [3.63, 3.8) is 0 Å². The van der Waals surface area contributed by atoms with Crippen LogP contribution in [-0.2, 0) is 0 Å². The molecule has 27 heavy (non-hydrogen) atoms. The number of aromatic amines is 1. The molecule has 0 aliphatic heterocycles. The van der Waals surface area contributed by atoms with Crippen molar-refractivity contribution in [2.45, 2.75) is 0 Å². The fraction of sp³-hybridized carbons (Fsp3) is 0.263. The van der Waals surface area contributed by atoms with Gasteiger partial charge in [0.25, 0.3) is 5.91 Å². The second-order valence-electron chi connectivity index (χ2n) is 6.08. The molecule has 6 nitrogen and oxygen atoms in total. The van der Waals surface area contributed by atoms with E-state index in [1.807, 2.05) is 55.4 Å². The van der Waals surface area contributed by atoms with Gasteiger partial charge in [-0.1, -0.05) is 18.2 Å². The lowest BCUT2D eigenvalue weighted by Gasteiger charge is -2.10. The van der Waals surface area contributed by atoms with Crippen molar-refractivity contribution in [3.8, 4) is 17.1 Å². The molecule has 0 saturated heterocycles. The number of carbonyl (C=O) groups excluding carboxylic acids is 1. The molecule has 0 saturated carbocycles. The Morgan fingerprint density at radius 2 is 1.93 bits per heavy atom. The van der Waals surface area contributed by atoms with Crippen LogP contribution >= 0.6 is 24.8 Å². The van der Waals surface area contributed by atoms with Crippen molar-refractivity contribution in [1.82, 2.24) is 20.2 Å². The largest absolute Gasteiger partial charge is 0.497 e. The number of hydrogen-bond acceptors (Lipinski definition) is 4. The minimum absolute atomic E-state index is 0. The van der Waals surface area contributed by atoms with E-state index < -0.39 is 0 Å². The molecule has 0 radical (unpaired) electrons. The number of methoxy groups -OCH3 is 1. The normalized spacial score (nSPS) is 10.2. The fourth-order valence-electron chi connectivity index (χ4n) is 2.61. The number of amides is 1. The summed E-state index contributed by atoms with van der Waals surface area (Å²) in [5.41, 5.74) is 2.98. The van der Waals surface area contributed by atoms with E-state index in [0.29, 0.717) is 23.4 Å². The van der Waals surface area contributed by atoms with Gasteiger partial charge in [-0.05, 0) is 38.4 Å². The highest BCUT2D eigenvalue weighted by Crippen LogP contribution is 2.25. The van der Waals surface area contributed by atoms with Gasteiger partial charge in [-0.15, -0.1) is 24.8 Å². The first kappa shape index (κ1) is 22.8. The van der Waals surface area contributed by atoms with Crippen LogP contribution in [0.1, 0.15) is 10.4 Å². The molecule has 0 aliphatic carbocycles. The van der Waals surface area contributed by atoms with Crippen LogP contribution in [0.3, 0.4) is 0 Å². The Morgan fingerprint density at radius 3 is 2.63 bits per heavy atom. The molecule has 1 aromatic heterocycles. The predicted octanol–water partition coefficient (Wildman–Crippen LogP) is 3.37. The third-order valence-electron chi connectivity index (χ3n) is 3.95. The van der Waals surface area contributed by atoms with Crippen molar-refractivity contribution >= 4 is 41.8 Å². The minimum atomic E-state index is -0.115. The van der Waals surface area contributed by atoms with Crippen LogP contribution in [-0.4, -0.2) is 55.1 Å². The highest BCUT2D eigenvalue weighted by atomic mass is 35.5. The maximum Gasteiger partial charge on any atom is 0.253 e. The van der Waals surface area contributed by atoms with Gasteiger partial charge < -0.3 is 19.9 Å². The number of imidazole rings is 1. The standard InChI is InChI=1S/C19H22N4O2.2ClH/c1-23(2)11-10-20-19(24)15-8-5-9-16-17(15)22-18(21-16)13-6-4-7-14(12-13)25-3;;/h4-9,12H,10-11H2,1-3H3,(H,20,24)(H,21,22);2*1H. The number of nitrogens with one attached hydrogen (secondary N) is 2. The second-order valence-corrected chi connectivity index (χ2v) is 6.08. The molecule has 0 fully saturated rings. The Morgan fingerprint density at radius 1 is 1.19 bits per heavy atom. The highest BCUT2D eigenvalue weighted by molar-refractivity contribution is 6.05. The predicted molar refractivity (Wildman–Crippen MR) is 113 cm³/mol. The number of rotatable bonds is 6. The summed E-state index contributed by atoms with van der Waals surface area (Å²) in [5.74, 6) is 1.36. The van der Waals surface area contributed by atoms with Gasteiger partial charge in [-0.2, -0.15) is 0 Å². The summed E-state index contributed by atoms with van der Waals surface area (Å²) in [6.07, 6.45) is 0. The van der Waals surface area contributed by atoms with E-state index in [4.69, 9.17) is 4.74 Å². The van der Waals surface area contributed by atoms with Gasteiger partial charge in [0.2, 0.25) is 0 Å². The molecule has 0 bridgehead atoms. The molecule has 3 aromatic rings. The van der Waals surface area contributed by atoms with E-state index >= 15 is 0 Å². The number of ether oxygens (including phenoxy) is 1. The van der Waals surface area contributed by atoms with Gasteiger partial charge in [-0.25, -0.2) is 4.98 Å². The zero-order chi connectivity index (χ0) is 17.8. The maximum atomic E-state index is 12.5. The van der Waals surface area contributed by atoms with Gasteiger partial charge in [0, 0.05) is 18.7 Å². The maximum absolute atomic E-state index is 12.5. The molecule has 3 rings (SSSR count). The minimum Gasteiger partial charge on any atom is -0.497 e. The van der Waals surface area contributed by atoms with E-state index in [-0.39, 0.29) is 30.7 Å². The summed E-state index contributed by atoms with van der Waals surface area (Å²) in [7, 11) is 5.58. The van der Waals surface area contributed by atoms with E-state index in [1.54, 1.807) is 13.2 Å². The molecule has 0 spiro atoms. The topological polar surface area (TPSA) is 70.2 Å². The Labute approximate surface area is 171 Å². The van der Waals surface area contributed by atoms with Crippen molar-refractivity contribution in [1.29, 1.82) is 0 Å². The van der Waals surface area contributed by atoms with Crippen LogP contribution < -0.4 is 10.1 Å². The molecule has 1 amide bonds. The summed E-state index contributed by atoms with van der Waals surface area (Å²) in [6, 6.07) is 13.2. The number of hydrogen-bond donors (Lipinski definition) is 2. The first-order chi connectivity index (χ1) is 12.1. The molecule has 8 heteroatoms. The highest BCUT2D eigenvalue weighted by Gasteiger charge is 2.14. The SMILES string of the molecule is COc1cccc(-c2nc3c(C(=O)NCCN(C)C)cccc3[nH]2)c1.Cl.Cl. The third-order valence-corrected chi connectivity index (χ3v) is 3.95. The smallest absolute Gasteiger partial charge is 0.253 e. The molecule has 146 valence electrons. The lowest BCUT2D eigenvalue weighted by molar-refractivity contribution is 0.0952. The number of aromatic nitrogens is 2. The van der Waals surface area contributed by atoms with Gasteiger partial charge in [-0.3, -0.25) is 4.79 Å². The number of benzene rings is 2. The van der Waals surface area contributed by atoms with Gasteiger partial charge in [0.15, 0.2) is 0 Å². The number of para-hydroxylation sites is 1. The first-order valence-electron chi connectivity index (χ1n) is 8.14. The Bertz CT molecular complexity index is 896. The zero-order valence-electron chi connectivity index (χ0n) is 15.5. The van der Waals surface area contributed by atoms with Crippen LogP contribution in [0, 0.1) is 0 Å². The van der Waals surface area contributed by atoms with Gasteiger partial charge in [0.05, 0.1) is 18.2 Å². The number of likely N-dealkylation sites (N-methyl/N-ethyl adjacent to an activating group) is 1. The molecule has 2 aromatic carbocycles. The summed E-state index contributed by atoms with van der Waals surface area (Å²) in [5, 5.41) is 2.94. The second kappa shape index (κ2) is 10.2. The van der Waals surface area contributed by atoms with E-state index in [0.717, 1.165) is 23.4 Å². The van der Waals surface area contributed by atoms with Gasteiger partial charge in [0.1, 0.15) is 17.1 Å². The van der Waals surface area contributed by atoms with E-state index in [9.17, 15) is 4.79 Å². The van der Waals surface area contributed by atoms with Crippen LogP contribution in [0.5, 0.6) is 5.75 Å². The summed E-state index contributed by atoms with van der Waals surface area (Å²) >= 11 is 0. The Balaban J connectivity index is 0.00000182. The van der Waals surface area contributed by atoms with Crippen molar-refractivity contribution < 1.29 is 9.53 Å². The summed E-state index contributed by atoms with van der Waals surface area (Å²) in [4.78, 5) is 22.4. The molecular formula is C19H24Cl2N4O2. The summed E-state index contributed by atoms with van der Waals surface area (Å²) in [6.45, 7) is 1.38. The first-order valence-corrected chi connectivity index (χ1v) is 8.14. The summed E-state index contributed by atoms with van der Waals surface area (Å²) < 4.78 is 5.27. The van der Waals surface area contributed by atoms with Crippen LogP contribution in [0.2, 0.25) is 0 Å². The average molecular weight is 411 g/mol. The van der Waals surface area contributed by atoms with Crippen molar-refractivity contribution in [3.05, 3.63) is 48.0 Å². The molecule has 1 heterocycles. The number of halogens is 2. The quantitative estimate of drug-likeness (QED) is 0.653. The molecule has 0 aliphatic rings. The van der Waals surface area contributed by atoms with Gasteiger partial charge >= 0.3 is 0 Å². The lowest BCUT2D eigenvalue weighted by atomic mass is 10.1. The molecule has 2 N–H and O–H groups in total. The number of H-pyrrole nitrogens is 1. The average Bonchev–Trinajstić information content (AvgIpc) is 3.05. The van der Waals surface area contributed by atoms with E-state index in [2.05, 4.69) is 15.3 Å².